The van der Waals surface area contributed by atoms with Crippen molar-refractivity contribution >= 4 is 0 Å². The van der Waals surface area contributed by atoms with Crippen LogP contribution in [0.1, 0.15) is 77.0 Å². The second kappa shape index (κ2) is 13.3. The Hall–Kier alpha value is -1.12. The molecule has 0 heterocycles. The number of hydrogen-bond acceptors (Lipinski definition) is 2. The average molecular weight is 413 g/mol. The van der Waals surface area contributed by atoms with Gasteiger partial charge in [0.05, 0.1) is 0 Å². The van der Waals surface area contributed by atoms with Crippen LogP contribution < -0.4 is 11.5 Å². The van der Waals surface area contributed by atoms with Crippen molar-refractivity contribution in [1.29, 1.82) is 0 Å². The lowest BCUT2D eigenvalue weighted by Crippen LogP contribution is -2.43. The topological polar surface area (TPSA) is 52.0 Å². The van der Waals surface area contributed by atoms with Gasteiger partial charge in [-0.1, -0.05) is 50.0 Å². The fourth-order valence-electron chi connectivity index (χ4n) is 6.51. The highest BCUT2D eigenvalue weighted by atomic mass is 14.7. The highest BCUT2D eigenvalue weighted by molar-refractivity contribution is 4.95. The predicted octanol–water partition coefficient (Wildman–Crippen LogP) is 6.79. The Balaban J connectivity index is 1.81. The standard InChI is InChI=1S/C28H48N2/c1-5-11-23-17-21(18-24(12-6-2)27(23)29)15-9-10-16-22-19-25(13-7-3)28(30)26(20-22)14-8-4/h5-8,21-28H,1-4,9-20,29-30H2. The maximum atomic E-state index is 6.58. The fraction of sp³-hybridized carbons (Fsp3) is 0.714. The van der Waals surface area contributed by atoms with Gasteiger partial charge in [0.25, 0.3) is 0 Å². The molecule has 2 rings (SSSR count). The molecule has 2 nitrogen and oxygen atoms in total. The van der Waals surface area contributed by atoms with Gasteiger partial charge in [0.15, 0.2) is 0 Å². The third-order valence-electron chi connectivity index (χ3n) is 8.07. The van der Waals surface area contributed by atoms with Crippen LogP contribution in [0, 0.1) is 35.5 Å². The molecule has 0 bridgehead atoms. The molecule has 0 aromatic rings. The van der Waals surface area contributed by atoms with Crippen molar-refractivity contribution in [2.24, 2.45) is 47.0 Å². The van der Waals surface area contributed by atoms with Gasteiger partial charge in [-0.05, 0) is 86.9 Å². The lowest BCUT2D eigenvalue weighted by Gasteiger charge is -2.40. The molecule has 2 aliphatic rings. The summed E-state index contributed by atoms with van der Waals surface area (Å²) in [6.07, 6.45) is 23.0. The zero-order valence-corrected chi connectivity index (χ0v) is 19.4. The highest BCUT2D eigenvalue weighted by Gasteiger charge is 2.35. The molecular weight excluding hydrogens is 364 g/mol. The largest absolute Gasteiger partial charge is 0.327 e. The summed E-state index contributed by atoms with van der Waals surface area (Å²) >= 11 is 0. The Bertz CT molecular complexity index is 451. The van der Waals surface area contributed by atoms with E-state index in [-0.39, 0.29) is 0 Å². The van der Waals surface area contributed by atoms with Crippen molar-refractivity contribution in [2.45, 2.75) is 89.1 Å². The third kappa shape index (κ3) is 7.24. The molecule has 0 spiro atoms. The molecule has 4 atom stereocenters. The summed E-state index contributed by atoms with van der Waals surface area (Å²) in [6.45, 7) is 15.8. The maximum absolute atomic E-state index is 6.58. The zero-order valence-electron chi connectivity index (χ0n) is 19.4. The first kappa shape index (κ1) is 25.1. The van der Waals surface area contributed by atoms with Crippen molar-refractivity contribution in [3.63, 3.8) is 0 Å². The molecule has 170 valence electrons. The number of allylic oxidation sites excluding steroid dienone is 4. The summed E-state index contributed by atoms with van der Waals surface area (Å²) in [5.41, 5.74) is 13.2. The normalized spacial score (nSPS) is 36.7. The first-order chi connectivity index (χ1) is 14.5. The van der Waals surface area contributed by atoms with Crippen LogP contribution in [0.15, 0.2) is 50.6 Å². The molecule has 0 aromatic carbocycles. The van der Waals surface area contributed by atoms with E-state index in [1.165, 1.54) is 51.4 Å². The van der Waals surface area contributed by atoms with Crippen molar-refractivity contribution < 1.29 is 0 Å². The number of unbranched alkanes of at least 4 members (excludes halogenated alkanes) is 1. The smallest absolute Gasteiger partial charge is 0.0102 e. The van der Waals surface area contributed by atoms with Crippen LogP contribution in [-0.2, 0) is 0 Å². The van der Waals surface area contributed by atoms with Gasteiger partial charge in [0, 0.05) is 12.1 Å². The van der Waals surface area contributed by atoms with E-state index < -0.39 is 0 Å². The molecule has 0 amide bonds. The van der Waals surface area contributed by atoms with Crippen LogP contribution in [0.4, 0.5) is 0 Å². The Morgan fingerprint density at radius 2 is 0.800 bits per heavy atom. The van der Waals surface area contributed by atoms with E-state index in [9.17, 15) is 0 Å². The monoisotopic (exact) mass is 412 g/mol. The molecule has 4 unspecified atom stereocenters. The highest BCUT2D eigenvalue weighted by Crippen LogP contribution is 2.41. The molecule has 30 heavy (non-hydrogen) atoms. The summed E-state index contributed by atoms with van der Waals surface area (Å²) in [7, 11) is 0. The number of nitrogens with two attached hydrogens (primary N) is 2. The Morgan fingerprint density at radius 1 is 0.533 bits per heavy atom. The van der Waals surface area contributed by atoms with Crippen LogP contribution in [-0.4, -0.2) is 12.1 Å². The molecule has 4 N–H and O–H groups in total. The van der Waals surface area contributed by atoms with Gasteiger partial charge < -0.3 is 11.5 Å². The van der Waals surface area contributed by atoms with Gasteiger partial charge in [0.1, 0.15) is 0 Å². The van der Waals surface area contributed by atoms with Crippen LogP contribution in [0.2, 0.25) is 0 Å². The molecular formula is C28H48N2. The molecule has 0 aliphatic heterocycles. The summed E-state index contributed by atoms with van der Waals surface area (Å²) in [6, 6.07) is 0.625. The van der Waals surface area contributed by atoms with Crippen molar-refractivity contribution in [3.05, 3.63) is 50.6 Å². The summed E-state index contributed by atoms with van der Waals surface area (Å²) in [4.78, 5) is 0. The van der Waals surface area contributed by atoms with Gasteiger partial charge >= 0.3 is 0 Å². The van der Waals surface area contributed by atoms with Crippen molar-refractivity contribution in [2.75, 3.05) is 0 Å². The SMILES string of the molecule is C=CCC1CC(CCCCC2CC(CC=C)C(N)C(CC=C)C2)CC(CC=C)C1N. The molecule has 2 heteroatoms. The Kier molecular flexibility index (Phi) is 11.2. The number of rotatable bonds is 13. The molecule has 2 fully saturated rings. The first-order valence-corrected chi connectivity index (χ1v) is 12.5. The van der Waals surface area contributed by atoms with E-state index in [1.54, 1.807) is 0 Å². The van der Waals surface area contributed by atoms with Gasteiger partial charge in [-0.25, -0.2) is 0 Å². The molecule has 0 saturated heterocycles. The van der Waals surface area contributed by atoms with E-state index >= 15 is 0 Å². The molecule has 2 saturated carbocycles. The Morgan fingerprint density at radius 3 is 1.03 bits per heavy atom. The predicted molar refractivity (Wildman–Crippen MR) is 133 cm³/mol. The first-order valence-electron chi connectivity index (χ1n) is 12.5. The molecule has 2 aliphatic carbocycles. The lowest BCUT2D eigenvalue weighted by atomic mass is 9.67. The van der Waals surface area contributed by atoms with E-state index in [4.69, 9.17) is 11.5 Å². The van der Waals surface area contributed by atoms with E-state index in [1.807, 2.05) is 0 Å². The van der Waals surface area contributed by atoms with Gasteiger partial charge in [-0.2, -0.15) is 0 Å². The van der Waals surface area contributed by atoms with E-state index in [0.29, 0.717) is 35.8 Å². The van der Waals surface area contributed by atoms with Crippen LogP contribution in [0.5, 0.6) is 0 Å². The minimum absolute atomic E-state index is 0.312. The van der Waals surface area contributed by atoms with Gasteiger partial charge in [-0.15, -0.1) is 26.3 Å². The van der Waals surface area contributed by atoms with Crippen LogP contribution in [0.25, 0.3) is 0 Å². The summed E-state index contributed by atoms with van der Waals surface area (Å²) in [5.74, 6) is 4.05. The third-order valence-corrected chi connectivity index (χ3v) is 8.07. The fourth-order valence-corrected chi connectivity index (χ4v) is 6.51. The number of hydrogen-bond donors (Lipinski definition) is 2. The quantitative estimate of drug-likeness (QED) is 0.258. The second-order valence-electron chi connectivity index (χ2n) is 10.3. The minimum Gasteiger partial charge on any atom is -0.327 e. The molecule has 0 radical (unpaired) electrons. The summed E-state index contributed by atoms with van der Waals surface area (Å²) in [5, 5.41) is 0. The van der Waals surface area contributed by atoms with Crippen molar-refractivity contribution in [3.8, 4) is 0 Å². The minimum atomic E-state index is 0.312. The van der Waals surface area contributed by atoms with Crippen LogP contribution in [0.3, 0.4) is 0 Å². The Labute approximate surface area is 187 Å². The summed E-state index contributed by atoms with van der Waals surface area (Å²) < 4.78 is 0. The average Bonchev–Trinajstić information content (AvgIpc) is 2.72. The maximum Gasteiger partial charge on any atom is 0.0102 e. The lowest BCUT2D eigenvalue weighted by molar-refractivity contribution is 0.144. The van der Waals surface area contributed by atoms with Crippen molar-refractivity contribution in [1.82, 2.24) is 0 Å². The van der Waals surface area contributed by atoms with Gasteiger partial charge in [0.2, 0.25) is 0 Å². The van der Waals surface area contributed by atoms with E-state index in [0.717, 1.165) is 37.5 Å². The molecule has 0 aromatic heterocycles. The van der Waals surface area contributed by atoms with Crippen LogP contribution >= 0.6 is 0 Å². The van der Waals surface area contributed by atoms with E-state index in [2.05, 4.69) is 50.6 Å². The second-order valence-corrected chi connectivity index (χ2v) is 10.3. The van der Waals surface area contributed by atoms with Gasteiger partial charge in [-0.3, -0.25) is 0 Å². The zero-order chi connectivity index (χ0) is 21.9.